The van der Waals surface area contributed by atoms with E-state index in [1.807, 2.05) is 0 Å². The Balaban J connectivity index is 1.93. The molecule has 0 spiro atoms. The van der Waals surface area contributed by atoms with Gasteiger partial charge in [-0.1, -0.05) is 6.92 Å². The molecule has 0 amide bonds. The highest BCUT2D eigenvalue weighted by atomic mass is 32.2. The zero-order chi connectivity index (χ0) is 16.0. The van der Waals surface area contributed by atoms with Crippen molar-refractivity contribution in [2.75, 3.05) is 24.6 Å². The molecule has 7 heteroatoms. The molecule has 0 aromatic rings. The van der Waals surface area contributed by atoms with Crippen LogP contribution in [0.3, 0.4) is 0 Å². The van der Waals surface area contributed by atoms with Crippen LogP contribution in [-0.4, -0.2) is 45.0 Å². The number of guanidine groups is 1. The van der Waals surface area contributed by atoms with Crippen LogP contribution in [0.2, 0.25) is 0 Å². The minimum absolute atomic E-state index is 0.0421. The standard InChI is InChI=1S/C15H26N4O2S/c1-2-7-17-15(19-14-5-3-4-13(14)9-16)18-10-12-6-8-22(20,21)11-12/h12-14H,2-8,10-11H2,1H3,(H2,17,18,19). The van der Waals surface area contributed by atoms with Crippen LogP contribution in [0, 0.1) is 23.2 Å². The van der Waals surface area contributed by atoms with E-state index in [4.69, 9.17) is 5.26 Å². The third kappa shape index (κ3) is 4.87. The highest BCUT2D eigenvalue weighted by Gasteiger charge is 2.29. The lowest BCUT2D eigenvalue weighted by Crippen LogP contribution is -2.45. The Morgan fingerprint density at radius 1 is 1.36 bits per heavy atom. The van der Waals surface area contributed by atoms with Crippen molar-refractivity contribution in [1.29, 1.82) is 5.26 Å². The van der Waals surface area contributed by atoms with Crippen LogP contribution in [0.25, 0.3) is 0 Å². The van der Waals surface area contributed by atoms with Crippen LogP contribution < -0.4 is 10.6 Å². The molecule has 1 heterocycles. The number of aliphatic imine (C=N–C) groups is 1. The smallest absolute Gasteiger partial charge is 0.191 e. The number of rotatable bonds is 5. The maximum Gasteiger partial charge on any atom is 0.191 e. The van der Waals surface area contributed by atoms with Gasteiger partial charge in [-0.15, -0.1) is 0 Å². The number of nitriles is 1. The number of hydrogen-bond acceptors (Lipinski definition) is 4. The second-order valence-electron chi connectivity index (χ2n) is 6.30. The van der Waals surface area contributed by atoms with Gasteiger partial charge < -0.3 is 10.6 Å². The summed E-state index contributed by atoms with van der Waals surface area (Å²) in [5, 5.41) is 15.8. The molecule has 3 unspecified atom stereocenters. The molecule has 2 N–H and O–H groups in total. The maximum absolute atomic E-state index is 11.5. The fourth-order valence-corrected chi connectivity index (χ4v) is 4.94. The van der Waals surface area contributed by atoms with Gasteiger partial charge in [-0.25, -0.2) is 8.42 Å². The Labute approximate surface area is 133 Å². The fourth-order valence-electron chi connectivity index (χ4n) is 3.10. The minimum atomic E-state index is -2.85. The van der Waals surface area contributed by atoms with Crippen LogP contribution in [0.1, 0.15) is 39.0 Å². The number of nitrogens with zero attached hydrogens (tertiary/aromatic N) is 2. The summed E-state index contributed by atoms with van der Waals surface area (Å²) in [5.74, 6) is 1.43. The summed E-state index contributed by atoms with van der Waals surface area (Å²) >= 11 is 0. The SMILES string of the molecule is CCCNC(=NCC1CCS(=O)(=O)C1)NC1CCCC1C#N. The number of nitrogens with one attached hydrogen (secondary N) is 2. The Morgan fingerprint density at radius 2 is 2.18 bits per heavy atom. The van der Waals surface area contributed by atoms with Gasteiger partial charge in [0.2, 0.25) is 0 Å². The van der Waals surface area contributed by atoms with Gasteiger partial charge in [0.05, 0.1) is 23.5 Å². The van der Waals surface area contributed by atoms with Crippen LogP contribution >= 0.6 is 0 Å². The van der Waals surface area contributed by atoms with Gasteiger partial charge in [0, 0.05) is 19.1 Å². The zero-order valence-corrected chi connectivity index (χ0v) is 14.0. The first-order valence-electron chi connectivity index (χ1n) is 8.19. The van der Waals surface area contributed by atoms with Crippen molar-refractivity contribution in [2.24, 2.45) is 16.8 Å². The van der Waals surface area contributed by atoms with Crippen molar-refractivity contribution in [3.8, 4) is 6.07 Å². The average molecular weight is 326 g/mol. The Kier molecular flexibility index (Phi) is 6.07. The highest BCUT2D eigenvalue weighted by molar-refractivity contribution is 7.91. The largest absolute Gasteiger partial charge is 0.356 e. The topological polar surface area (TPSA) is 94.3 Å². The van der Waals surface area contributed by atoms with E-state index in [-0.39, 0.29) is 29.4 Å². The van der Waals surface area contributed by atoms with E-state index >= 15 is 0 Å². The third-order valence-electron chi connectivity index (χ3n) is 4.38. The summed E-state index contributed by atoms with van der Waals surface area (Å²) in [6.07, 6.45) is 4.69. The summed E-state index contributed by atoms with van der Waals surface area (Å²) in [7, 11) is -2.85. The molecule has 1 aliphatic carbocycles. The van der Waals surface area contributed by atoms with Gasteiger partial charge in [0.25, 0.3) is 0 Å². The quantitative estimate of drug-likeness (QED) is 0.582. The molecule has 1 saturated heterocycles. The molecule has 1 saturated carbocycles. The predicted octanol–water partition coefficient (Wildman–Crippen LogP) is 1.06. The van der Waals surface area contributed by atoms with E-state index in [2.05, 4.69) is 28.6 Å². The Bertz CT molecular complexity index is 538. The van der Waals surface area contributed by atoms with Gasteiger partial charge in [-0.2, -0.15) is 5.26 Å². The molecule has 2 fully saturated rings. The first kappa shape index (κ1) is 17.1. The number of sulfone groups is 1. The van der Waals surface area contributed by atoms with Crippen molar-refractivity contribution in [1.82, 2.24) is 10.6 Å². The zero-order valence-electron chi connectivity index (χ0n) is 13.2. The fraction of sp³-hybridized carbons (Fsp3) is 0.867. The molecule has 124 valence electrons. The van der Waals surface area contributed by atoms with Gasteiger partial charge in [-0.3, -0.25) is 4.99 Å². The molecule has 1 aliphatic heterocycles. The molecule has 0 aromatic carbocycles. The van der Waals surface area contributed by atoms with Crippen molar-refractivity contribution in [3.05, 3.63) is 0 Å². The molecule has 2 aliphatic rings. The van der Waals surface area contributed by atoms with Crippen LogP contribution in [0.5, 0.6) is 0 Å². The Morgan fingerprint density at radius 3 is 2.82 bits per heavy atom. The molecular weight excluding hydrogens is 300 g/mol. The van der Waals surface area contributed by atoms with Crippen LogP contribution in [0.4, 0.5) is 0 Å². The van der Waals surface area contributed by atoms with Gasteiger partial charge in [-0.05, 0) is 38.0 Å². The van der Waals surface area contributed by atoms with Gasteiger partial charge in [0.1, 0.15) is 0 Å². The Hall–Kier alpha value is -1.29. The molecule has 2 rings (SSSR count). The monoisotopic (exact) mass is 326 g/mol. The molecule has 0 radical (unpaired) electrons. The molecule has 0 aromatic heterocycles. The molecule has 0 bridgehead atoms. The van der Waals surface area contributed by atoms with Crippen molar-refractivity contribution < 1.29 is 8.42 Å². The molecule has 22 heavy (non-hydrogen) atoms. The lowest BCUT2D eigenvalue weighted by Gasteiger charge is -2.20. The molecule has 6 nitrogen and oxygen atoms in total. The van der Waals surface area contributed by atoms with E-state index in [0.717, 1.165) is 38.2 Å². The average Bonchev–Trinajstić information content (AvgIpc) is 3.07. The number of hydrogen-bond donors (Lipinski definition) is 2. The summed E-state index contributed by atoms with van der Waals surface area (Å²) in [6, 6.07) is 2.51. The first-order valence-corrected chi connectivity index (χ1v) is 10.0. The second kappa shape index (κ2) is 7.82. The first-order chi connectivity index (χ1) is 10.5. The maximum atomic E-state index is 11.5. The van der Waals surface area contributed by atoms with E-state index in [1.54, 1.807) is 0 Å². The van der Waals surface area contributed by atoms with Crippen molar-refractivity contribution >= 4 is 15.8 Å². The van der Waals surface area contributed by atoms with E-state index in [0.29, 0.717) is 13.0 Å². The second-order valence-corrected chi connectivity index (χ2v) is 8.53. The van der Waals surface area contributed by atoms with Gasteiger partial charge >= 0.3 is 0 Å². The van der Waals surface area contributed by atoms with E-state index < -0.39 is 9.84 Å². The predicted molar refractivity (Wildman–Crippen MR) is 87.2 cm³/mol. The lowest BCUT2D eigenvalue weighted by molar-refractivity contribution is 0.527. The summed E-state index contributed by atoms with van der Waals surface area (Å²) in [5.41, 5.74) is 0. The van der Waals surface area contributed by atoms with Crippen LogP contribution in [-0.2, 0) is 9.84 Å². The van der Waals surface area contributed by atoms with Crippen LogP contribution in [0.15, 0.2) is 4.99 Å². The molecule has 3 atom stereocenters. The van der Waals surface area contributed by atoms with E-state index in [1.165, 1.54) is 0 Å². The normalized spacial score (nSPS) is 30.9. The molecular formula is C15H26N4O2S. The lowest BCUT2D eigenvalue weighted by atomic mass is 10.1. The third-order valence-corrected chi connectivity index (χ3v) is 6.22. The van der Waals surface area contributed by atoms with Crippen molar-refractivity contribution in [3.63, 3.8) is 0 Å². The summed E-state index contributed by atoms with van der Waals surface area (Å²) in [6.45, 7) is 3.43. The van der Waals surface area contributed by atoms with E-state index in [9.17, 15) is 8.42 Å². The summed E-state index contributed by atoms with van der Waals surface area (Å²) in [4.78, 5) is 4.56. The van der Waals surface area contributed by atoms with Crippen molar-refractivity contribution in [2.45, 2.75) is 45.1 Å². The minimum Gasteiger partial charge on any atom is -0.356 e. The highest BCUT2D eigenvalue weighted by Crippen LogP contribution is 2.24. The summed E-state index contributed by atoms with van der Waals surface area (Å²) < 4.78 is 23.0. The van der Waals surface area contributed by atoms with Gasteiger partial charge in [0.15, 0.2) is 15.8 Å².